The summed E-state index contributed by atoms with van der Waals surface area (Å²) < 4.78 is 5.25. The van der Waals surface area contributed by atoms with Crippen molar-refractivity contribution in [2.45, 2.75) is 31.5 Å². The Morgan fingerprint density at radius 3 is 2.18 bits per heavy atom. The van der Waals surface area contributed by atoms with Crippen LogP contribution in [-0.2, 0) is 11.3 Å². The fourth-order valence-electron chi connectivity index (χ4n) is 5.32. The third kappa shape index (κ3) is 4.14. The first kappa shape index (κ1) is 21.7. The van der Waals surface area contributed by atoms with E-state index in [9.17, 15) is 9.90 Å². The monoisotopic (exact) mass is 442 g/mol. The lowest BCUT2D eigenvalue weighted by atomic mass is 9.73. The number of carbonyl (C=O) groups excluding carboxylic acids is 1. The van der Waals surface area contributed by atoms with Gasteiger partial charge in [-0.1, -0.05) is 66.2 Å². The van der Waals surface area contributed by atoms with Gasteiger partial charge in [0.2, 0.25) is 5.91 Å². The van der Waals surface area contributed by atoms with E-state index in [1.54, 1.807) is 7.11 Å². The minimum Gasteiger partial charge on any atom is -0.497 e. The van der Waals surface area contributed by atoms with E-state index in [4.69, 9.17) is 4.74 Å². The van der Waals surface area contributed by atoms with Crippen molar-refractivity contribution in [1.82, 2.24) is 9.80 Å². The number of hydrogen-bond donors (Lipinski definition) is 1. The number of ether oxygens (including phenoxy) is 1. The third-order valence-electron chi connectivity index (χ3n) is 7.07. The van der Waals surface area contributed by atoms with E-state index < -0.39 is 0 Å². The van der Waals surface area contributed by atoms with E-state index in [0.717, 1.165) is 30.0 Å². The number of aliphatic hydroxyl groups excluding tert-OH is 1. The highest BCUT2D eigenvalue weighted by Crippen LogP contribution is 2.43. The largest absolute Gasteiger partial charge is 0.497 e. The van der Waals surface area contributed by atoms with E-state index in [2.05, 4.69) is 72.5 Å². The fourth-order valence-corrected chi connectivity index (χ4v) is 5.32. The molecule has 1 N–H and O–H groups in total. The van der Waals surface area contributed by atoms with Gasteiger partial charge in [-0.2, -0.15) is 0 Å². The van der Waals surface area contributed by atoms with Crippen molar-refractivity contribution in [3.05, 3.63) is 89.5 Å². The van der Waals surface area contributed by atoms with Crippen LogP contribution in [0, 0.1) is 6.92 Å². The van der Waals surface area contributed by atoms with E-state index in [-0.39, 0.29) is 30.5 Å². The number of amides is 1. The quantitative estimate of drug-likeness (QED) is 0.630. The van der Waals surface area contributed by atoms with Crippen molar-refractivity contribution in [2.24, 2.45) is 0 Å². The molecule has 0 spiro atoms. The number of carbonyl (C=O) groups is 1. The van der Waals surface area contributed by atoms with Crippen LogP contribution in [0.1, 0.15) is 22.6 Å². The van der Waals surface area contributed by atoms with Crippen LogP contribution < -0.4 is 4.74 Å². The van der Waals surface area contributed by atoms with Crippen LogP contribution in [0.3, 0.4) is 0 Å². The molecule has 0 saturated carbocycles. The van der Waals surface area contributed by atoms with Crippen molar-refractivity contribution < 1.29 is 14.6 Å². The van der Waals surface area contributed by atoms with Gasteiger partial charge in [0.05, 0.1) is 32.3 Å². The normalized spacial score (nSPS) is 22.6. The standard InChI is InChI=1S/C28H30N2O3/c1-19-3-5-20(6-4-19)15-29-16-25-28(26(18-31)30(25)27(32)17-29)23-9-7-21(8-10-23)22-11-13-24(33-2)14-12-22/h3-14,25-26,28,31H,15-18H2,1-2H3/t25-,26+,28+/m0/s1. The molecule has 3 aromatic rings. The molecule has 3 aromatic carbocycles. The summed E-state index contributed by atoms with van der Waals surface area (Å²) in [5.74, 6) is 1.10. The lowest BCUT2D eigenvalue weighted by Crippen LogP contribution is -2.72. The zero-order valence-electron chi connectivity index (χ0n) is 19.1. The smallest absolute Gasteiger partial charge is 0.237 e. The average Bonchev–Trinajstić information content (AvgIpc) is 2.83. The summed E-state index contributed by atoms with van der Waals surface area (Å²) >= 11 is 0. The molecule has 2 fully saturated rings. The number of piperazine rings is 1. The summed E-state index contributed by atoms with van der Waals surface area (Å²) in [6.07, 6.45) is 0. The average molecular weight is 443 g/mol. The van der Waals surface area contributed by atoms with Crippen molar-refractivity contribution in [2.75, 3.05) is 26.8 Å². The first-order valence-corrected chi connectivity index (χ1v) is 11.5. The SMILES string of the molecule is COc1ccc(-c2ccc([C@H]3[C@@H](CO)N4C(=O)CN(Cc5ccc(C)cc5)C[C@@H]34)cc2)cc1. The number of methoxy groups -OCH3 is 1. The maximum atomic E-state index is 12.9. The number of benzene rings is 3. The highest BCUT2D eigenvalue weighted by atomic mass is 16.5. The Morgan fingerprint density at radius 1 is 0.939 bits per heavy atom. The van der Waals surface area contributed by atoms with E-state index in [1.165, 1.54) is 16.7 Å². The van der Waals surface area contributed by atoms with Gasteiger partial charge < -0.3 is 14.7 Å². The molecule has 2 aliphatic rings. The second kappa shape index (κ2) is 9.00. The molecule has 0 radical (unpaired) electrons. The van der Waals surface area contributed by atoms with Gasteiger partial charge in [0.1, 0.15) is 5.75 Å². The topological polar surface area (TPSA) is 53.0 Å². The van der Waals surface area contributed by atoms with E-state index in [0.29, 0.717) is 6.54 Å². The van der Waals surface area contributed by atoms with Crippen LogP contribution in [0.5, 0.6) is 5.75 Å². The zero-order valence-corrected chi connectivity index (χ0v) is 19.1. The summed E-state index contributed by atoms with van der Waals surface area (Å²) in [5.41, 5.74) is 5.91. The molecule has 1 amide bonds. The Hall–Kier alpha value is -3.15. The molecule has 0 bridgehead atoms. The van der Waals surface area contributed by atoms with Crippen LogP contribution in [0.2, 0.25) is 0 Å². The molecule has 170 valence electrons. The minimum absolute atomic E-state index is 0.00883. The molecule has 2 saturated heterocycles. The fraction of sp³-hybridized carbons (Fsp3) is 0.321. The van der Waals surface area contributed by atoms with Crippen molar-refractivity contribution >= 4 is 5.91 Å². The number of fused-ring (bicyclic) bond motifs is 1. The summed E-state index contributed by atoms with van der Waals surface area (Å²) in [6, 6.07) is 25.0. The maximum absolute atomic E-state index is 12.9. The molecule has 0 aromatic heterocycles. The Morgan fingerprint density at radius 2 is 1.58 bits per heavy atom. The lowest BCUT2D eigenvalue weighted by molar-refractivity contribution is -0.162. The van der Waals surface area contributed by atoms with Gasteiger partial charge in [-0.15, -0.1) is 0 Å². The van der Waals surface area contributed by atoms with Gasteiger partial charge in [-0.05, 0) is 41.3 Å². The first-order valence-electron chi connectivity index (χ1n) is 11.5. The molecule has 2 heterocycles. The number of aryl methyl sites for hydroxylation is 1. The lowest BCUT2D eigenvalue weighted by Gasteiger charge is -2.59. The van der Waals surface area contributed by atoms with Crippen LogP contribution in [-0.4, -0.2) is 59.7 Å². The Labute approximate surface area is 195 Å². The van der Waals surface area contributed by atoms with Crippen molar-refractivity contribution in [3.63, 3.8) is 0 Å². The molecule has 2 aliphatic heterocycles. The van der Waals surface area contributed by atoms with Crippen LogP contribution in [0.25, 0.3) is 11.1 Å². The number of hydrogen-bond acceptors (Lipinski definition) is 4. The van der Waals surface area contributed by atoms with Gasteiger partial charge in [-0.3, -0.25) is 9.69 Å². The third-order valence-corrected chi connectivity index (χ3v) is 7.07. The van der Waals surface area contributed by atoms with Gasteiger partial charge in [0.15, 0.2) is 0 Å². The summed E-state index contributed by atoms with van der Waals surface area (Å²) in [7, 11) is 1.67. The molecule has 0 aliphatic carbocycles. The molecule has 5 nitrogen and oxygen atoms in total. The predicted octanol–water partition coefficient (Wildman–Crippen LogP) is 3.84. The van der Waals surface area contributed by atoms with E-state index >= 15 is 0 Å². The Kier molecular flexibility index (Phi) is 5.92. The number of aliphatic hydroxyl groups is 1. The molecule has 3 atom stereocenters. The predicted molar refractivity (Wildman–Crippen MR) is 129 cm³/mol. The number of nitrogens with zero attached hydrogens (tertiary/aromatic N) is 2. The van der Waals surface area contributed by atoms with Crippen molar-refractivity contribution in [3.8, 4) is 16.9 Å². The first-order chi connectivity index (χ1) is 16.1. The van der Waals surface area contributed by atoms with Gasteiger partial charge in [0, 0.05) is 19.0 Å². The molecule has 33 heavy (non-hydrogen) atoms. The summed E-state index contributed by atoms with van der Waals surface area (Å²) in [5, 5.41) is 10.1. The summed E-state index contributed by atoms with van der Waals surface area (Å²) in [6.45, 7) is 4.07. The highest BCUT2D eigenvalue weighted by Gasteiger charge is 2.53. The second-order valence-corrected chi connectivity index (χ2v) is 9.15. The van der Waals surface area contributed by atoms with Gasteiger partial charge in [0.25, 0.3) is 0 Å². The van der Waals surface area contributed by atoms with Crippen molar-refractivity contribution in [1.29, 1.82) is 0 Å². The minimum atomic E-state index is -0.143. The van der Waals surface area contributed by atoms with Gasteiger partial charge in [-0.25, -0.2) is 0 Å². The maximum Gasteiger partial charge on any atom is 0.237 e. The Bertz CT molecular complexity index is 1110. The number of rotatable bonds is 6. The second-order valence-electron chi connectivity index (χ2n) is 9.15. The van der Waals surface area contributed by atoms with Gasteiger partial charge >= 0.3 is 0 Å². The zero-order chi connectivity index (χ0) is 22.9. The van der Waals surface area contributed by atoms with Crippen LogP contribution in [0.4, 0.5) is 0 Å². The summed E-state index contributed by atoms with van der Waals surface area (Å²) in [4.78, 5) is 17.1. The molecular weight excluding hydrogens is 412 g/mol. The molecule has 5 heteroatoms. The Balaban J connectivity index is 1.33. The van der Waals surface area contributed by atoms with Crippen LogP contribution >= 0.6 is 0 Å². The molecular formula is C28H30N2O3. The molecule has 5 rings (SSSR count). The highest BCUT2D eigenvalue weighted by molar-refractivity contribution is 5.81. The molecule has 0 unspecified atom stereocenters. The van der Waals surface area contributed by atoms with Crippen LogP contribution in [0.15, 0.2) is 72.8 Å². The van der Waals surface area contributed by atoms with E-state index in [1.807, 2.05) is 17.0 Å².